The lowest BCUT2D eigenvalue weighted by Gasteiger charge is -2.34. The van der Waals surface area contributed by atoms with Crippen LogP contribution in [-0.2, 0) is 14.8 Å². The maximum Gasteiger partial charge on any atom is 0.323 e. The highest BCUT2D eigenvalue weighted by atomic mass is 32.2. The standard InChI is InChI=1S/C26H30N6O6S/c1-38-21-6-8-22(9-7-21)39(36,37)31-23(25(34)35)17-29-24(33)18-4-2-5-20(16-18)32-14-10-19(11-15-32)30-26-27-12-3-13-28-26/h2-9,12-13,16,19,23,31H,10-11,14-15,17H2,1H3,(H,29,33)(H,34,35)(H,27,28,30)/t23-/m0/s1. The van der Waals surface area contributed by atoms with Crippen molar-refractivity contribution in [1.29, 1.82) is 0 Å². The van der Waals surface area contributed by atoms with E-state index in [1.807, 2.05) is 6.07 Å². The lowest BCUT2D eigenvalue weighted by molar-refractivity contribution is -0.138. The van der Waals surface area contributed by atoms with E-state index in [1.165, 1.54) is 31.4 Å². The van der Waals surface area contributed by atoms with Crippen molar-refractivity contribution in [2.24, 2.45) is 0 Å². The largest absolute Gasteiger partial charge is 0.497 e. The molecule has 1 fully saturated rings. The van der Waals surface area contributed by atoms with Crippen LogP contribution in [0.25, 0.3) is 0 Å². The number of aliphatic carboxylic acids is 1. The first-order valence-electron chi connectivity index (χ1n) is 12.3. The Bertz CT molecular complexity index is 1380. The molecule has 2 heterocycles. The maximum absolute atomic E-state index is 12.8. The average molecular weight is 555 g/mol. The van der Waals surface area contributed by atoms with Crippen LogP contribution in [0.3, 0.4) is 0 Å². The van der Waals surface area contributed by atoms with Gasteiger partial charge in [-0.2, -0.15) is 4.72 Å². The topological polar surface area (TPSA) is 163 Å². The molecular weight excluding hydrogens is 524 g/mol. The molecule has 0 unspecified atom stereocenters. The number of nitrogens with one attached hydrogen (secondary N) is 3. The number of methoxy groups -OCH3 is 1. The Morgan fingerprint density at radius 1 is 1.08 bits per heavy atom. The fourth-order valence-corrected chi connectivity index (χ4v) is 5.36. The fraction of sp³-hybridized carbons (Fsp3) is 0.308. The number of sulfonamides is 1. The van der Waals surface area contributed by atoms with Gasteiger partial charge in [-0.05, 0) is 61.4 Å². The summed E-state index contributed by atoms with van der Waals surface area (Å²) in [4.78, 5) is 35.0. The number of aromatic nitrogens is 2. The molecule has 0 spiro atoms. The molecule has 39 heavy (non-hydrogen) atoms. The van der Waals surface area contributed by atoms with Crippen LogP contribution in [0.15, 0.2) is 71.9 Å². The molecule has 13 heteroatoms. The Morgan fingerprint density at radius 2 is 1.77 bits per heavy atom. The van der Waals surface area contributed by atoms with Crippen molar-refractivity contribution >= 4 is 33.5 Å². The second kappa shape index (κ2) is 12.5. The lowest BCUT2D eigenvalue weighted by Crippen LogP contribution is -2.48. The van der Waals surface area contributed by atoms with Crippen LogP contribution < -0.4 is 25.0 Å². The molecule has 0 bridgehead atoms. The number of hydrogen-bond donors (Lipinski definition) is 4. The minimum atomic E-state index is -4.15. The predicted molar refractivity (Wildman–Crippen MR) is 144 cm³/mol. The van der Waals surface area contributed by atoms with Crippen LogP contribution in [-0.4, -0.2) is 74.2 Å². The Hall–Kier alpha value is -4.23. The molecule has 1 amide bonds. The molecule has 206 valence electrons. The molecule has 1 aromatic heterocycles. The Kier molecular flexibility index (Phi) is 8.94. The van der Waals surface area contributed by atoms with Crippen molar-refractivity contribution in [3.8, 4) is 5.75 Å². The van der Waals surface area contributed by atoms with E-state index >= 15 is 0 Å². The van der Waals surface area contributed by atoms with Gasteiger partial charge >= 0.3 is 5.97 Å². The number of rotatable bonds is 11. The highest BCUT2D eigenvalue weighted by molar-refractivity contribution is 7.89. The molecule has 2 aromatic carbocycles. The zero-order valence-corrected chi connectivity index (χ0v) is 22.1. The van der Waals surface area contributed by atoms with Gasteiger partial charge in [0, 0.05) is 49.3 Å². The molecule has 0 aliphatic carbocycles. The summed E-state index contributed by atoms with van der Waals surface area (Å²) < 4.78 is 32.5. The number of amides is 1. The molecule has 12 nitrogen and oxygen atoms in total. The highest BCUT2D eigenvalue weighted by Gasteiger charge is 2.26. The summed E-state index contributed by atoms with van der Waals surface area (Å²) in [6.45, 7) is 1.10. The molecule has 1 aliphatic rings. The van der Waals surface area contributed by atoms with Gasteiger partial charge in [-0.25, -0.2) is 18.4 Å². The number of carbonyl (C=O) groups is 2. The molecule has 0 radical (unpaired) electrons. The molecule has 3 aromatic rings. The van der Waals surface area contributed by atoms with Crippen LogP contribution >= 0.6 is 0 Å². The maximum atomic E-state index is 12.8. The second-order valence-corrected chi connectivity index (χ2v) is 10.6. The summed E-state index contributed by atoms with van der Waals surface area (Å²) in [5, 5.41) is 15.4. The monoisotopic (exact) mass is 554 g/mol. The predicted octanol–water partition coefficient (Wildman–Crippen LogP) is 1.73. The normalized spacial score (nSPS) is 14.8. The SMILES string of the molecule is COc1ccc(S(=O)(=O)N[C@@H](CNC(=O)c2cccc(N3CCC(Nc4ncccn4)CC3)c2)C(=O)O)cc1. The molecule has 1 aliphatic heterocycles. The van der Waals surface area contributed by atoms with Gasteiger partial charge in [0.2, 0.25) is 16.0 Å². The number of carboxylic acid groups (broad SMARTS) is 1. The first-order chi connectivity index (χ1) is 18.7. The van der Waals surface area contributed by atoms with Gasteiger partial charge in [-0.3, -0.25) is 9.59 Å². The minimum absolute atomic E-state index is 0.121. The van der Waals surface area contributed by atoms with E-state index in [-0.39, 0.29) is 10.9 Å². The minimum Gasteiger partial charge on any atom is -0.497 e. The number of carboxylic acids is 1. The number of anilines is 2. The number of carbonyl (C=O) groups excluding carboxylic acids is 1. The smallest absolute Gasteiger partial charge is 0.323 e. The van der Waals surface area contributed by atoms with E-state index in [1.54, 1.807) is 36.7 Å². The third-order valence-corrected chi connectivity index (χ3v) is 7.79. The van der Waals surface area contributed by atoms with Crippen molar-refractivity contribution in [1.82, 2.24) is 20.0 Å². The number of benzene rings is 2. The van der Waals surface area contributed by atoms with Crippen molar-refractivity contribution in [3.05, 3.63) is 72.6 Å². The first-order valence-corrected chi connectivity index (χ1v) is 13.8. The van der Waals surface area contributed by atoms with Gasteiger partial charge in [0.1, 0.15) is 11.8 Å². The summed E-state index contributed by atoms with van der Waals surface area (Å²) in [5.41, 5.74) is 1.21. The van der Waals surface area contributed by atoms with Crippen molar-refractivity contribution in [3.63, 3.8) is 0 Å². The number of nitrogens with zero attached hydrogens (tertiary/aromatic N) is 3. The van der Waals surface area contributed by atoms with E-state index in [4.69, 9.17) is 4.74 Å². The Labute approximate surface area is 226 Å². The van der Waals surface area contributed by atoms with Crippen molar-refractivity contribution in [2.75, 3.05) is 37.0 Å². The zero-order valence-electron chi connectivity index (χ0n) is 21.3. The molecule has 4 rings (SSSR count). The van der Waals surface area contributed by atoms with Gasteiger partial charge < -0.3 is 25.4 Å². The Morgan fingerprint density at radius 3 is 2.41 bits per heavy atom. The third-order valence-electron chi connectivity index (χ3n) is 6.30. The Balaban J connectivity index is 1.33. The highest BCUT2D eigenvalue weighted by Crippen LogP contribution is 2.22. The van der Waals surface area contributed by atoms with Gasteiger partial charge in [-0.1, -0.05) is 6.07 Å². The van der Waals surface area contributed by atoms with E-state index < -0.39 is 34.5 Å². The van der Waals surface area contributed by atoms with E-state index in [2.05, 4.69) is 30.2 Å². The molecule has 0 saturated carbocycles. The van der Waals surface area contributed by atoms with Crippen LogP contribution in [0.4, 0.5) is 11.6 Å². The number of hydrogen-bond acceptors (Lipinski definition) is 9. The van der Waals surface area contributed by atoms with E-state index in [0.717, 1.165) is 31.6 Å². The second-order valence-electron chi connectivity index (χ2n) is 8.93. The summed E-state index contributed by atoms with van der Waals surface area (Å²) in [5.74, 6) is -0.871. The zero-order chi connectivity index (χ0) is 27.8. The fourth-order valence-electron chi connectivity index (χ4n) is 4.17. The lowest BCUT2D eigenvalue weighted by atomic mass is 10.0. The van der Waals surface area contributed by atoms with E-state index in [0.29, 0.717) is 17.3 Å². The van der Waals surface area contributed by atoms with Gasteiger partial charge in [-0.15, -0.1) is 0 Å². The van der Waals surface area contributed by atoms with Crippen LogP contribution in [0.5, 0.6) is 5.75 Å². The molecule has 1 atom stereocenters. The number of ether oxygens (including phenoxy) is 1. The quantitative estimate of drug-likeness (QED) is 0.274. The summed E-state index contributed by atoms with van der Waals surface area (Å²) in [6, 6.07) is 13.0. The van der Waals surface area contributed by atoms with Crippen LogP contribution in [0.2, 0.25) is 0 Å². The molecular formula is C26H30N6O6S. The average Bonchev–Trinajstić information content (AvgIpc) is 2.96. The van der Waals surface area contributed by atoms with Gasteiger partial charge in [0.15, 0.2) is 0 Å². The van der Waals surface area contributed by atoms with Gasteiger partial charge in [0.25, 0.3) is 5.91 Å². The van der Waals surface area contributed by atoms with Crippen LogP contribution in [0, 0.1) is 0 Å². The van der Waals surface area contributed by atoms with E-state index in [9.17, 15) is 23.1 Å². The van der Waals surface area contributed by atoms with Crippen molar-refractivity contribution < 1.29 is 27.9 Å². The van der Waals surface area contributed by atoms with Crippen molar-refractivity contribution in [2.45, 2.75) is 29.8 Å². The molecule has 4 N–H and O–H groups in total. The number of piperidine rings is 1. The summed E-state index contributed by atoms with van der Waals surface area (Å²) in [7, 11) is -2.70. The molecule has 1 saturated heterocycles. The summed E-state index contributed by atoms with van der Waals surface area (Å²) >= 11 is 0. The van der Waals surface area contributed by atoms with Gasteiger partial charge in [0.05, 0.1) is 12.0 Å². The summed E-state index contributed by atoms with van der Waals surface area (Å²) in [6.07, 6.45) is 5.11. The third kappa shape index (κ3) is 7.42. The van der Waals surface area contributed by atoms with Crippen LogP contribution in [0.1, 0.15) is 23.2 Å². The first kappa shape index (κ1) is 27.8.